The molecule has 0 saturated carbocycles. The van der Waals surface area contributed by atoms with Gasteiger partial charge in [0.1, 0.15) is 5.82 Å². The number of aromatic amines is 1. The van der Waals surface area contributed by atoms with E-state index in [0.29, 0.717) is 19.8 Å². The van der Waals surface area contributed by atoms with Gasteiger partial charge in [0.05, 0.1) is 25.0 Å². The first-order chi connectivity index (χ1) is 12.6. The normalized spacial score (nSPS) is 23.7. The lowest BCUT2D eigenvalue weighted by atomic mass is 10.0. The molecule has 2 saturated heterocycles. The zero-order valence-electron chi connectivity index (χ0n) is 15.4. The van der Waals surface area contributed by atoms with Crippen LogP contribution in [0.15, 0.2) is 12.1 Å². The maximum atomic E-state index is 10.5. The van der Waals surface area contributed by atoms with Crippen LogP contribution in [0.2, 0.25) is 0 Å². The number of hydrogen-bond acceptors (Lipinski definition) is 7. The van der Waals surface area contributed by atoms with E-state index in [1.807, 2.05) is 26.0 Å². The van der Waals surface area contributed by atoms with Gasteiger partial charge in [-0.3, -0.25) is 5.10 Å². The third-order valence-electron chi connectivity index (χ3n) is 5.08. The van der Waals surface area contributed by atoms with E-state index in [2.05, 4.69) is 25.0 Å². The number of H-pyrrole nitrogens is 1. The van der Waals surface area contributed by atoms with Gasteiger partial charge in [-0.05, 0) is 26.3 Å². The number of aromatic nitrogens is 4. The monoisotopic (exact) mass is 358 g/mol. The van der Waals surface area contributed by atoms with E-state index in [0.717, 1.165) is 54.9 Å². The highest BCUT2D eigenvalue weighted by Crippen LogP contribution is 2.27. The van der Waals surface area contributed by atoms with Crippen molar-refractivity contribution in [1.29, 1.82) is 0 Å². The molecule has 2 fully saturated rings. The first-order valence-corrected chi connectivity index (χ1v) is 9.21. The van der Waals surface area contributed by atoms with Crippen LogP contribution in [-0.4, -0.2) is 70.8 Å². The van der Waals surface area contributed by atoms with Crippen molar-refractivity contribution in [3.05, 3.63) is 29.2 Å². The predicted octanol–water partition coefficient (Wildman–Crippen LogP) is 0.693. The Balaban J connectivity index is 1.49. The molecule has 0 bridgehead atoms. The van der Waals surface area contributed by atoms with Crippen molar-refractivity contribution in [3.63, 3.8) is 0 Å². The molecule has 0 aliphatic carbocycles. The summed E-state index contributed by atoms with van der Waals surface area (Å²) in [6.07, 6.45) is 0.386. The highest BCUT2D eigenvalue weighted by molar-refractivity contribution is 5.47. The van der Waals surface area contributed by atoms with Gasteiger partial charge in [-0.25, -0.2) is 4.98 Å². The lowest BCUT2D eigenvalue weighted by Gasteiger charge is -2.28. The highest BCUT2D eigenvalue weighted by Gasteiger charge is 2.33. The van der Waals surface area contributed by atoms with Gasteiger partial charge in [-0.1, -0.05) is 0 Å². The Hall–Kier alpha value is -2.19. The first kappa shape index (κ1) is 17.2. The quantitative estimate of drug-likeness (QED) is 0.831. The number of hydrogen-bond donors (Lipinski definition) is 2. The van der Waals surface area contributed by atoms with Crippen molar-refractivity contribution < 1.29 is 9.84 Å². The van der Waals surface area contributed by atoms with E-state index in [4.69, 9.17) is 9.72 Å². The summed E-state index contributed by atoms with van der Waals surface area (Å²) in [5.41, 5.74) is 2.99. The number of ether oxygens (including phenoxy) is 1. The highest BCUT2D eigenvalue weighted by atomic mass is 16.5. The fourth-order valence-corrected chi connectivity index (χ4v) is 3.69. The summed E-state index contributed by atoms with van der Waals surface area (Å²) in [7, 11) is 0. The molecule has 2 aromatic heterocycles. The molecule has 0 radical (unpaired) electrons. The van der Waals surface area contributed by atoms with Crippen LogP contribution in [0.3, 0.4) is 0 Å². The van der Waals surface area contributed by atoms with Crippen molar-refractivity contribution >= 4 is 11.8 Å². The molecule has 2 aromatic rings. The minimum Gasteiger partial charge on any atom is -0.391 e. The van der Waals surface area contributed by atoms with Gasteiger partial charge in [0.25, 0.3) is 0 Å². The van der Waals surface area contributed by atoms with Crippen LogP contribution in [0.5, 0.6) is 0 Å². The molecular formula is C18H26N6O2. The molecule has 2 N–H and O–H groups in total. The zero-order chi connectivity index (χ0) is 18.1. The lowest BCUT2D eigenvalue weighted by Crippen LogP contribution is -2.37. The smallest absolute Gasteiger partial charge is 0.227 e. The Kier molecular flexibility index (Phi) is 4.78. The summed E-state index contributed by atoms with van der Waals surface area (Å²) in [4.78, 5) is 13.7. The summed E-state index contributed by atoms with van der Waals surface area (Å²) in [6, 6.07) is 4.04. The number of morpholine rings is 1. The van der Waals surface area contributed by atoms with Gasteiger partial charge in [0.2, 0.25) is 5.95 Å². The Morgan fingerprint density at radius 2 is 1.96 bits per heavy atom. The molecule has 26 heavy (non-hydrogen) atoms. The van der Waals surface area contributed by atoms with Crippen LogP contribution in [0.25, 0.3) is 0 Å². The Morgan fingerprint density at radius 1 is 1.15 bits per heavy atom. The summed E-state index contributed by atoms with van der Waals surface area (Å²) < 4.78 is 5.42. The Morgan fingerprint density at radius 3 is 2.69 bits per heavy atom. The number of anilines is 2. The predicted molar refractivity (Wildman–Crippen MR) is 98.5 cm³/mol. The number of rotatable bonds is 4. The maximum absolute atomic E-state index is 10.5. The summed E-state index contributed by atoms with van der Waals surface area (Å²) in [5, 5.41) is 17.8. The minimum atomic E-state index is -0.380. The molecule has 0 unspecified atom stereocenters. The van der Waals surface area contributed by atoms with Gasteiger partial charge in [0, 0.05) is 49.6 Å². The average Bonchev–Trinajstić information content (AvgIpc) is 3.21. The molecule has 0 amide bonds. The topological polar surface area (TPSA) is 90.4 Å². The molecule has 0 aromatic carbocycles. The van der Waals surface area contributed by atoms with E-state index < -0.39 is 0 Å². The third kappa shape index (κ3) is 3.66. The molecule has 2 aliphatic heterocycles. The Bertz CT molecular complexity index is 758. The van der Waals surface area contributed by atoms with Crippen molar-refractivity contribution in [1.82, 2.24) is 20.2 Å². The van der Waals surface area contributed by atoms with Crippen LogP contribution in [0, 0.1) is 19.8 Å². The van der Waals surface area contributed by atoms with Gasteiger partial charge in [-0.2, -0.15) is 10.1 Å². The molecular weight excluding hydrogens is 332 g/mol. The first-order valence-electron chi connectivity index (χ1n) is 9.21. The number of aliphatic hydroxyl groups is 1. The number of nitrogens with zero attached hydrogens (tertiary/aromatic N) is 5. The van der Waals surface area contributed by atoms with E-state index in [1.54, 1.807) is 0 Å². The van der Waals surface area contributed by atoms with Crippen molar-refractivity contribution in [3.8, 4) is 0 Å². The van der Waals surface area contributed by atoms with Crippen molar-refractivity contribution in [2.24, 2.45) is 5.92 Å². The van der Waals surface area contributed by atoms with E-state index in [9.17, 15) is 5.11 Å². The van der Waals surface area contributed by atoms with Crippen molar-refractivity contribution in [2.45, 2.75) is 26.4 Å². The largest absolute Gasteiger partial charge is 0.391 e. The summed E-state index contributed by atoms with van der Waals surface area (Å²) >= 11 is 0. The Labute approximate surface area is 153 Å². The molecule has 2 aliphatic rings. The van der Waals surface area contributed by atoms with Crippen LogP contribution >= 0.6 is 0 Å². The zero-order valence-corrected chi connectivity index (χ0v) is 15.4. The standard InChI is InChI=1S/C18H26N6O2/c1-12-8-17(20-18(19-12)23-3-5-26-6-4-23)24-10-14(16(25)11-24)9-15-7-13(2)21-22-15/h7-8,14,16,25H,3-6,9-11H2,1-2H3,(H,21,22)/t14-,16-/m1/s1. The van der Waals surface area contributed by atoms with E-state index in [-0.39, 0.29) is 12.0 Å². The molecule has 4 rings (SSSR count). The summed E-state index contributed by atoms with van der Waals surface area (Å²) in [6.45, 7) is 8.38. The van der Waals surface area contributed by atoms with Gasteiger partial charge >= 0.3 is 0 Å². The summed E-state index contributed by atoms with van der Waals surface area (Å²) in [5.74, 6) is 1.79. The van der Waals surface area contributed by atoms with Crippen molar-refractivity contribution in [2.75, 3.05) is 49.2 Å². The second kappa shape index (κ2) is 7.20. The molecule has 8 heteroatoms. The van der Waals surface area contributed by atoms with E-state index in [1.165, 1.54) is 0 Å². The van der Waals surface area contributed by atoms with Crippen LogP contribution in [0.4, 0.5) is 11.8 Å². The number of nitrogens with one attached hydrogen (secondary N) is 1. The second-order valence-corrected chi connectivity index (χ2v) is 7.25. The molecule has 2 atom stereocenters. The lowest BCUT2D eigenvalue weighted by molar-refractivity contribution is 0.122. The van der Waals surface area contributed by atoms with Gasteiger partial charge in [0.15, 0.2) is 0 Å². The number of aryl methyl sites for hydroxylation is 2. The number of aliphatic hydroxyl groups excluding tert-OH is 1. The average molecular weight is 358 g/mol. The molecule has 4 heterocycles. The van der Waals surface area contributed by atoms with Gasteiger partial charge < -0.3 is 19.6 Å². The fourth-order valence-electron chi connectivity index (χ4n) is 3.69. The number of β-amino-alcohol motifs (C(OH)–C–C–N with tert-alkyl or cyclic N) is 1. The second-order valence-electron chi connectivity index (χ2n) is 7.25. The van der Waals surface area contributed by atoms with E-state index >= 15 is 0 Å². The van der Waals surface area contributed by atoms with Crippen LogP contribution < -0.4 is 9.80 Å². The molecule has 140 valence electrons. The van der Waals surface area contributed by atoms with Crippen LogP contribution in [0.1, 0.15) is 17.1 Å². The SMILES string of the molecule is Cc1cc(N2C[C@@H](Cc3cc(C)[nH]n3)[C@H](O)C2)nc(N2CCOCC2)n1. The maximum Gasteiger partial charge on any atom is 0.227 e. The third-order valence-corrected chi connectivity index (χ3v) is 5.08. The fraction of sp³-hybridized carbons (Fsp3) is 0.611. The molecule has 8 nitrogen and oxygen atoms in total. The van der Waals surface area contributed by atoms with Crippen LogP contribution in [-0.2, 0) is 11.2 Å². The molecule has 0 spiro atoms. The van der Waals surface area contributed by atoms with Gasteiger partial charge in [-0.15, -0.1) is 0 Å². The minimum absolute atomic E-state index is 0.153.